The van der Waals surface area contributed by atoms with E-state index in [1.54, 1.807) is 65.0 Å². The van der Waals surface area contributed by atoms with Gasteiger partial charge >= 0.3 is 11.4 Å². The first-order valence-electron chi connectivity index (χ1n) is 25.3. The molecule has 79 heavy (non-hydrogen) atoms. The molecule has 0 radical (unpaired) electrons. The van der Waals surface area contributed by atoms with E-state index in [-0.39, 0.29) is 26.2 Å². The van der Waals surface area contributed by atoms with Gasteiger partial charge in [0, 0.05) is 85.5 Å². The van der Waals surface area contributed by atoms with Gasteiger partial charge in [-0.1, -0.05) is 44.4 Å². The number of rotatable bonds is 0. The van der Waals surface area contributed by atoms with Crippen LogP contribution in [0.4, 0.5) is 0 Å². The summed E-state index contributed by atoms with van der Waals surface area (Å²) in [5.74, 6) is 1.51. The minimum Gasteiger partial charge on any atom is -0.508 e. The highest BCUT2D eigenvalue weighted by atomic mass is 32.1. The van der Waals surface area contributed by atoms with Crippen LogP contribution in [0.25, 0.3) is 21.1 Å². The number of hydrogen-bond acceptors (Lipinski definition) is 5. The molecule has 0 saturated carbocycles. The Hall–Kier alpha value is -8.05. The van der Waals surface area contributed by atoms with Crippen LogP contribution in [0, 0.1) is 62.3 Å². The Morgan fingerprint density at radius 2 is 1.14 bits per heavy atom. The minimum absolute atomic E-state index is 0. The molecule has 0 atom stereocenters. The summed E-state index contributed by atoms with van der Waals surface area (Å²) >= 11 is 1.84. The number of nitrogens with zero attached hydrogens (tertiary/aromatic N) is 13. The van der Waals surface area contributed by atoms with Gasteiger partial charge in [0.05, 0.1) is 60.9 Å². The lowest BCUT2D eigenvalue weighted by Gasteiger charge is -1.99. The number of aromatic nitrogens is 13. The quantitative estimate of drug-likeness (QED) is 0.197. The molecule has 0 saturated heterocycles. The molecule has 0 aliphatic carbocycles. The average molecular weight is 1100 g/mol. The van der Waals surface area contributed by atoms with Crippen molar-refractivity contribution in [2.45, 2.75) is 77.2 Å². The highest BCUT2D eigenvalue weighted by Crippen LogP contribution is 2.24. The van der Waals surface area contributed by atoms with Gasteiger partial charge in [0.1, 0.15) is 61.2 Å². The summed E-state index contributed by atoms with van der Waals surface area (Å²) < 4.78 is 24.0. The molecule has 1 N–H and O–H groups in total. The van der Waals surface area contributed by atoms with E-state index >= 15 is 0 Å². The summed E-state index contributed by atoms with van der Waals surface area (Å²) in [5, 5.41) is 16.0. The van der Waals surface area contributed by atoms with E-state index in [1.807, 2.05) is 190 Å². The molecule has 8 heterocycles. The molecule has 0 aliphatic rings. The molecule has 0 amide bonds. The number of phenols is 1. The number of aryl methyl sites for hydroxylation is 17. The van der Waals surface area contributed by atoms with Crippen LogP contribution < -0.4 is 48.0 Å². The fourth-order valence-electron chi connectivity index (χ4n) is 7.19. The van der Waals surface area contributed by atoms with Gasteiger partial charge in [-0.2, -0.15) is 32.5 Å². The Balaban J connectivity index is 0.000000453. The van der Waals surface area contributed by atoms with Crippen molar-refractivity contribution in [3.8, 4) is 5.75 Å². The Morgan fingerprint density at radius 1 is 0.532 bits per heavy atom. The maximum atomic E-state index is 11.3. The maximum absolute atomic E-state index is 11.3. The van der Waals surface area contributed by atoms with Crippen molar-refractivity contribution in [2.75, 3.05) is 0 Å². The zero-order valence-corrected chi connectivity index (χ0v) is 50.6. The second-order valence-electron chi connectivity index (χ2n) is 19.2. The van der Waals surface area contributed by atoms with Crippen LogP contribution in [0.15, 0.2) is 150 Å². The van der Waals surface area contributed by atoms with Crippen LogP contribution in [-0.4, -0.2) is 28.7 Å². The van der Waals surface area contributed by atoms with Gasteiger partial charge in [0.2, 0.25) is 22.5 Å². The summed E-state index contributed by atoms with van der Waals surface area (Å²) in [7, 11) is 23.1. The average Bonchev–Trinajstić information content (AvgIpc) is 4.01. The molecular weight excluding hydrogens is 1010 g/mol. The molecule has 0 unspecified atom stereocenters. The normalized spacial score (nSPS) is 9.78. The predicted molar refractivity (Wildman–Crippen MR) is 318 cm³/mol. The SMILES string of the molecule is C.C.Cc1c(O)ccc2c[n+](C)n(C)c12.Cc1cc(C)[n+](C)c(=O)n1C.Cc1cc[n+](C)c(=O)n1C.Cc1cc[n+](C)cc1.Cc1ccc[n+](C)c1.Cc1cccc[n+]1C.Cc1n(C)nc[n+]1C.Cc1sc2ccccc2[n+]1C. The largest absolute Gasteiger partial charge is 0.508 e. The zero-order chi connectivity index (χ0) is 57.8. The topological polar surface area (TPSA) is 118 Å². The fourth-order valence-corrected chi connectivity index (χ4v) is 8.20. The van der Waals surface area contributed by atoms with Gasteiger partial charge < -0.3 is 5.11 Å². The number of benzene rings is 2. The van der Waals surface area contributed by atoms with Crippen LogP contribution >= 0.6 is 11.3 Å². The van der Waals surface area contributed by atoms with Crippen LogP contribution in [0.5, 0.6) is 5.75 Å². The molecule has 17 heteroatoms. The summed E-state index contributed by atoms with van der Waals surface area (Å²) in [6.07, 6.45) is 15.8. The summed E-state index contributed by atoms with van der Waals surface area (Å²) in [4.78, 5) is 22.5. The van der Waals surface area contributed by atoms with E-state index in [0.29, 0.717) is 5.75 Å². The first kappa shape index (κ1) is 69.0. The van der Waals surface area contributed by atoms with Gasteiger partial charge in [-0.3, -0.25) is 0 Å². The van der Waals surface area contributed by atoms with Crippen LogP contribution in [0.3, 0.4) is 0 Å². The molecule has 0 spiro atoms. The molecular formula is C62H95N13O3S+8. The van der Waals surface area contributed by atoms with Gasteiger partial charge in [-0.25, -0.2) is 22.8 Å². The van der Waals surface area contributed by atoms with Gasteiger partial charge in [0.25, 0.3) is 6.33 Å². The summed E-state index contributed by atoms with van der Waals surface area (Å²) in [5.41, 5.74) is 10.2. The number of fused-ring (bicyclic) bond motifs is 2. The highest BCUT2D eigenvalue weighted by molar-refractivity contribution is 7.18. The Labute approximate surface area is 475 Å². The van der Waals surface area contributed by atoms with Crippen molar-refractivity contribution < 1.29 is 41.8 Å². The number of aromatic hydroxyl groups is 1. The third kappa shape index (κ3) is 20.7. The minimum atomic E-state index is 0. The van der Waals surface area contributed by atoms with Gasteiger partial charge in [-0.05, 0) is 71.4 Å². The second-order valence-corrected chi connectivity index (χ2v) is 20.4. The lowest BCUT2D eigenvalue weighted by molar-refractivity contribution is -0.748. The molecule has 0 fully saturated rings. The van der Waals surface area contributed by atoms with Crippen molar-refractivity contribution in [3.05, 3.63) is 212 Å². The highest BCUT2D eigenvalue weighted by Gasteiger charge is 2.14. The Kier molecular flexibility index (Phi) is 28.5. The first-order valence-corrected chi connectivity index (χ1v) is 26.1. The number of phenolic OH excluding ortho intramolecular Hbond substituents is 1. The fraction of sp³-hybridized carbons (Fsp3) is 0.371. The van der Waals surface area contributed by atoms with E-state index < -0.39 is 0 Å². The van der Waals surface area contributed by atoms with Crippen LogP contribution in [0.2, 0.25) is 0 Å². The van der Waals surface area contributed by atoms with Crippen LogP contribution in [0.1, 0.15) is 65.2 Å². The number of para-hydroxylation sites is 1. The lowest BCUT2D eigenvalue weighted by atomic mass is 10.1. The van der Waals surface area contributed by atoms with Crippen molar-refractivity contribution in [1.82, 2.24) is 23.6 Å². The predicted octanol–water partition coefficient (Wildman–Crippen LogP) is 5.68. The van der Waals surface area contributed by atoms with E-state index in [2.05, 4.69) is 104 Å². The molecule has 8 aromatic heterocycles. The molecule has 2 aromatic carbocycles. The zero-order valence-electron chi connectivity index (χ0n) is 49.8. The molecule has 424 valence electrons. The standard InChI is InChI=1S/C10H12N2O.C9H10NS.C8H13N2O.C7H11N2O.3C7H10N.C5H10N3.2CH4/c1-7-9(13)5-4-8-6-11(2)12(3)10(7)8;1-7-10(2)8-5-3-4-6-9(8)11-7;1-6-5-7(2)10(4)8(11)9(6)3;1-6-4-5-8(2)7(10)9(6)3;1-7-3-5-8(2)6-4-7;1-7-4-3-5-8(2)6-7;1-7-5-3-4-6-8(7)2;1-5-7(2)4-6-8(5)3;;/h4-6H,1-3H3;3-6H,1-2H3;5H,1-4H3;4-5H,1-3H3;3*3-6H,1-2H3;4H,1-3H3;2*1H4/q;7*+1;;/p+1. The van der Waals surface area contributed by atoms with E-state index in [9.17, 15) is 14.7 Å². The lowest BCUT2D eigenvalue weighted by Crippen LogP contribution is -2.53. The van der Waals surface area contributed by atoms with Crippen molar-refractivity contribution in [2.24, 2.45) is 84.6 Å². The smallest absolute Gasteiger partial charge is 0.497 e. The summed E-state index contributed by atoms with van der Waals surface area (Å²) in [6.45, 7) is 18.1. The Morgan fingerprint density at radius 3 is 1.62 bits per heavy atom. The number of hydrogen-bond donors (Lipinski definition) is 1. The molecule has 16 nitrogen and oxygen atoms in total. The van der Waals surface area contributed by atoms with Crippen molar-refractivity contribution in [3.63, 3.8) is 0 Å². The Bertz CT molecular complexity index is 3520. The monoisotopic (exact) mass is 1100 g/mol. The molecule has 10 aromatic rings. The molecule has 0 aliphatic heterocycles. The maximum Gasteiger partial charge on any atom is 0.497 e. The summed E-state index contributed by atoms with van der Waals surface area (Å²) in [6, 6.07) is 30.5. The second kappa shape index (κ2) is 32.6. The van der Waals surface area contributed by atoms with E-state index in [4.69, 9.17) is 0 Å². The van der Waals surface area contributed by atoms with Crippen molar-refractivity contribution >= 4 is 32.5 Å². The number of thiazole rings is 1. The van der Waals surface area contributed by atoms with E-state index in [0.717, 1.165) is 39.4 Å². The van der Waals surface area contributed by atoms with E-state index in [1.165, 1.54) is 32.0 Å². The third-order valence-corrected chi connectivity index (χ3v) is 14.3. The number of pyridine rings is 3. The molecule has 0 bridgehead atoms. The van der Waals surface area contributed by atoms with Gasteiger partial charge in [-0.15, -0.1) is 9.36 Å². The van der Waals surface area contributed by atoms with Crippen molar-refractivity contribution in [1.29, 1.82) is 0 Å². The van der Waals surface area contributed by atoms with Gasteiger partial charge in [0.15, 0.2) is 43.7 Å². The van der Waals surface area contributed by atoms with Crippen LogP contribution in [-0.2, 0) is 84.6 Å². The third-order valence-electron chi connectivity index (χ3n) is 13.1. The first-order chi connectivity index (χ1) is 36.2. The molecule has 10 rings (SSSR count).